The number of hydrogen-bond acceptors (Lipinski definition) is 2. The summed E-state index contributed by atoms with van der Waals surface area (Å²) in [6, 6.07) is 0. The molecule has 0 amide bonds. The van der Waals surface area contributed by atoms with Crippen molar-refractivity contribution < 1.29 is 2.85 Å². The first-order valence-corrected chi connectivity index (χ1v) is 0.447. The second-order valence-corrected chi connectivity index (χ2v) is 0.112. The maximum absolute atomic E-state index is 5.50. The average Bonchev–Trinajstić information content (AvgIpc) is 0.918. The van der Waals surface area contributed by atoms with Gasteiger partial charge in [0.05, 0.1) is 0 Å². The standard InChI is InChI=1S/H2N3.Sr.2H/c1-3-2;;;/h1-2H;;;/q+1;+2;2*-1. The quantitative estimate of drug-likeness (QED) is 0.265. The number of nitrogens with zero attached hydrogens (tertiary/aromatic N) is 1. The van der Waals surface area contributed by atoms with Crippen LogP contribution < -0.4 is 4.91 Å². The molecule has 0 aromatic carbocycles. The molecule has 2 N–H and O–H groups in total. The van der Waals surface area contributed by atoms with Gasteiger partial charge in [0.1, 0.15) is 11.1 Å². The average molecular weight is 134 g/mol. The first-order valence-electron chi connectivity index (χ1n) is 0.447. The van der Waals surface area contributed by atoms with Crippen molar-refractivity contribution in [3.63, 3.8) is 0 Å². The van der Waals surface area contributed by atoms with E-state index in [4.69, 9.17) is 11.1 Å². The molecule has 0 aromatic rings. The van der Waals surface area contributed by atoms with E-state index in [0.717, 1.165) is 0 Å². The van der Waals surface area contributed by atoms with Gasteiger partial charge in [0.2, 0.25) is 4.91 Å². The van der Waals surface area contributed by atoms with Crippen molar-refractivity contribution >= 4 is 45.5 Å². The van der Waals surface area contributed by atoms with E-state index in [1.54, 1.807) is 0 Å². The van der Waals surface area contributed by atoms with Gasteiger partial charge in [0.25, 0.3) is 0 Å². The van der Waals surface area contributed by atoms with Crippen LogP contribution in [0.4, 0.5) is 0 Å². The molecule has 3 nitrogen and oxygen atoms in total. The SMILES string of the molecule is N=[N+]=N.[H-].[H-].[Sr+2]. The summed E-state index contributed by atoms with van der Waals surface area (Å²) < 4.78 is 0. The molecule has 0 bridgehead atoms. The summed E-state index contributed by atoms with van der Waals surface area (Å²) >= 11 is 0. The molecule has 20 valence electrons. The zero-order valence-electron chi connectivity index (χ0n) is 4.15. The maximum Gasteiger partial charge on any atom is 2.00 e. The van der Waals surface area contributed by atoms with Crippen molar-refractivity contribution in [2.75, 3.05) is 0 Å². The van der Waals surface area contributed by atoms with Gasteiger partial charge < -0.3 is 2.85 Å². The van der Waals surface area contributed by atoms with E-state index in [0.29, 0.717) is 0 Å². The number of hydrogen-bond donors (Lipinski definition) is 2. The molecule has 4 heavy (non-hydrogen) atoms. The molecule has 0 aliphatic carbocycles. The summed E-state index contributed by atoms with van der Waals surface area (Å²) in [5.74, 6) is 0. The van der Waals surface area contributed by atoms with Crippen LogP contribution in [0.3, 0.4) is 0 Å². The Morgan fingerprint density at radius 2 is 1.50 bits per heavy atom. The first-order chi connectivity index (χ1) is 1.41. The van der Waals surface area contributed by atoms with Crippen molar-refractivity contribution in [1.29, 1.82) is 11.1 Å². The third kappa shape index (κ3) is 14.3. The van der Waals surface area contributed by atoms with Crippen molar-refractivity contribution in [3.05, 3.63) is 0 Å². The van der Waals surface area contributed by atoms with Crippen molar-refractivity contribution in [1.82, 2.24) is 4.91 Å². The molecular formula is H4N3Sr+. The molecule has 0 aromatic heterocycles. The monoisotopic (exact) mass is 134 g/mol. The summed E-state index contributed by atoms with van der Waals surface area (Å²) in [7, 11) is 0. The van der Waals surface area contributed by atoms with E-state index in [9.17, 15) is 0 Å². The Kier molecular flexibility index (Phi) is 20.3. The molecule has 0 aliphatic rings. The Balaban J connectivity index is -0.00000000667. The van der Waals surface area contributed by atoms with Gasteiger partial charge in [-0.3, -0.25) is 0 Å². The Morgan fingerprint density at radius 3 is 1.50 bits per heavy atom. The summed E-state index contributed by atoms with van der Waals surface area (Å²) in [6.45, 7) is 0. The fraction of sp³-hybridized carbons (Fsp3) is 0. The van der Waals surface area contributed by atoms with Gasteiger partial charge in [-0.1, -0.05) is 0 Å². The molecule has 0 radical (unpaired) electrons. The van der Waals surface area contributed by atoms with Crippen molar-refractivity contribution in [3.8, 4) is 0 Å². The molecule has 0 aliphatic heterocycles. The predicted octanol–water partition coefficient (Wildman–Crippen LogP) is -0.0403. The van der Waals surface area contributed by atoms with E-state index in [1.807, 2.05) is 4.91 Å². The molecular weight excluding hydrogens is 130 g/mol. The van der Waals surface area contributed by atoms with E-state index < -0.39 is 0 Å². The number of rotatable bonds is 0. The Morgan fingerprint density at radius 1 is 1.50 bits per heavy atom. The fourth-order valence-electron chi connectivity index (χ4n) is 0. The molecule has 0 rings (SSSR count). The van der Waals surface area contributed by atoms with Gasteiger partial charge in [-0.25, -0.2) is 0 Å². The smallest absolute Gasteiger partial charge is 1.00 e. The van der Waals surface area contributed by atoms with E-state index in [2.05, 4.69) is 0 Å². The first kappa shape index (κ1) is 8.84. The van der Waals surface area contributed by atoms with E-state index in [-0.39, 0.29) is 48.3 Å². The van der Waals surface area contributed by atoms with Gasteiger partial charge in [0, 0.05) is 0 Å². The minimum Gasteiger partial charge on any atom is -1.00 e. The van der Waals surface area contributed by atoms with Gasteiger partial charge in [-0.2, -0.15) is 0 Å². The fourth-order valence-corrected chi connectivity index (χ4v) is 0. The summed E-state index contributed by atoms with van der Waals surface area (Å²) in [5.41, 5.74) is 11.0. The Labute approximate surface area is 63.7 Å². The van der Waals surface area contributed by atoms with Crippen LogP contribution in [-0.4, -0.2) is 45.5 Å². The Bertz CT molecular complexity index is 29.8. The molecule has 0 heterocycles. The third-order valence-electron chi connectivity index (χ3n) is 0. The van der Waals surface area contributed by atoms with Gasteiger partial charge >= 0.3 is 45.5 Å². The normalized spacial score (nSPS) is 2.00. The molecule has 0 fully saturated rings. The molecule has 0 saturated carbocycles. The molecule has 0 unspecified atom stereocenters. The minimum absolute atomic E-state index is 0. The molecule has 4 heteroatoms. The van der Waals surface area contributed by atoms with Crippen LogP contribution in [0, 0.1) is 11.1 Å². The zero-order chi connectivity index (χ0) is 2.71. The second-order valence-electron chi connectivity index (χ2n) is 0.112. The van der Waals surface area contributed by atoms with Gasteiger partial charge in [-0.15, -0.1) is 0 Å². The topological polar surface area (TPSA) is 61.8 Å². The molecule has 0 spiro atoms. The molecule has 0 saturated heterocycles. The van der Waals surface area contributed by atoms with Crippen molar-refractivity contribution in [2.45, 2.75) is 0 Å². The van der Waals surface area contributed by atoms with E-state index >= 15 is 0 Å². The predicted molar refractivity (Wildman–Crippen MR) is 15.6 cm³/mol. The van der Waals surface area contributed by atoms with Gasteiger partial charge in [-0.05, 0) is 0 Å². The van der Waals surface area contributed by atoms with Crippen LogP contribution in [0.2, 0.25) is 0 Å². The van der Waals surface area contributed by atoms with Gasteiger partial charge in [0.15, 0.2) is 0 Å². The van der Waals surface area contributed by atoms with Crippen molar-refractivity contribution in [2.24, 2.45) is 0 Å². The van der Waals surface area contributed by atoms with E-state index in [1.165, 1.54) is 0 Å². The molecule has 0 atom stereocenters. The van der Waals surface area contributed by atoms with Crippen LogP contribution in [0.5, 0.6) is 0 Å². The summed E-state index contributed by atoms with van der Waals surface area (Å²) in [5, 5.41) is 0. The van der Waals surface area contributed by atoms with Crippen LogP contribution in [-0.2, 0) is 0 Å². The maximum atomic E-state index is 5.50. The minimum atomic E-state index is 0. The van der Waals surface area contributed by atoms with Crippen LogP contribution in [0.25, 0.3) is 0 Å². The number of nitrogens with one attached hydrogen (secondary N) is 2. The zero-order valence-corrected chi connectivity index (χ0v) is 5.63. The summed E-state index contributed by atoms with van der Waals surface area (Å²) in [4.78, 5) is 2.00. The van der Waals surface area contributed by atoms with Crippen LogP contribution in [0.15, 0.2) is 0 Å². The largest absolute Gasteiger partial charge is 2.00 e. The van der Waals surface area contributed by atoms with Crippen LogP contribution in [0.1, 0.15) is 2.85 Å². The summed E-state index contributed by atoms with van der Waals surface area (Å²) in [6.07, 6.45) is 0. The Hall–Kier alpha value is 0.791. The second kappa shape index (κ2) is 9.21. The van der Waals surface area contributed by atoms with Crippen LogP contribution >= 0.6 is 0 Å². The third-order valence-corrected chi connectivity index (χ3v) is 0.